The van der Waals surface area contributed by atoms with E-state index in [4.69, 9.17) is 12.2 Å². The van der Waals surface area contributed by atoms with Gasteiger partial charge in [0.15, 0.2) is 3.95 Å². The summed E-state index contributed by atoms with van der Waals surface area (Å²) in [5.74, 6) is -1.74. The Balaban J connectivity index is 1.50. The minimum absolute atomic E-state index is 0.157. The van der Waals surface area contributed by atoms with Crippen molar-refractivity contribution in [2.75, 3.05) is 4.90 Å². The number of carbonyl (C=O) groups excluding carboxylic acids is 2. The second-order valence-electron chi connectivity index (χ2n) is 7.64. The number of hydrogen-bond acceptors (Lipinski definition) is 6. The molecule has 0 saturated carbocycles. The van der Waals surface area contributed by atoms with E-state index in [0.717, 1.165) is 46.4 Å². The van der Waals surface area contributed by atoms with Crippen molar-refractivity contribution in [3.8, 4) is 5.88 Å². The number of aromatic hydroxyl groups is 1. The van der Waals surface area contributed by atoms with E-state index in [1.165, 1.54) is 10.6 Å². The topological polar surface area (TPSA) is 74.9 Å². The van der Waals surface area contributed by atoms with Gasteiger partial charge in [-0.2, -0.15) is 13.2 Å². The average Bonchev–Trinajstić information content (AvgIpc) is 3.41. The van der Waals surface area contributed by atoms with E-state index in [-0.39, 0.29) is 21.9 Å². The normalized spacial score (nSPS) is 18.9. The molecule has 0 spiro atoms. The predicted octanol–water partition coefficient (Wildman–Crippen LogP) is 5.76. The fraction of sp³-hybridized carbons (Fsp3) is 0.130. The fourth-order valence-electron chi connectivity index (χ4n) is 3.97. The lowest BCUT2D eigenvalue weighted by Gasteiger charge is -2.17. The largest absolute Gasteiger partial charge is 0.493 e. The van der Waals surface area contributed by atoms with Crippen LogP contribution in [0, 0.1) is 3.95 Å². The number of hydrogen-bond donors (Lipinski definition) is 1. The number of anilines is 1. The highest BCUT2D eigenvalue weighted by molar-refractivity contribution is 7.73. The van der Waals surface area contributed by atoms with E-state index in [2.05, 4.69) is 4.99 Å². The smallest absolute Gasteiger partial charge is 0.416 e. The number of amides is 2. The number of aliphatic imine (C=N–C) groups is 1. The highest BCUT2D eigenvalue weighted by Crippen LogP contribution is 2.40. The van der Waals surface area contributed by atoms with Crippen LogP contribution in [0.2, 0.25) is 0 Å². The van der Waals surface area contributed by atoms with Gasteiger partial charge < -0.3 is 5.11 Å². The zero-order valence-electron chi connectivity index (χ0n) is 17.1. The van der Waals surface area contributed by atoms with Gasteiger partial charge in [0, 0.05) is 17.4 Å². The molecule has 1 unspecified atom stereocenters. The molecule has 2 amide bonds. The number of imide groups is 1. The summed E-state index contributed by atoms with van der Waals surface area (Å²) in [6.07, 6.45) is -1.63. The summed E-state index contributed by atoms with van der Waals surface area (Å²) in [5, 5.41) is 10.9. The molecule has 1 aromatic heterocycles. The second kappa shape index (κ2) is 8.03. The van der Waals surface area contributed by atoms with Crippen LogP contribution in [-0.4, -0.2) is 27.7 Å². The molecule has 2 aliphatic heterocycles. The molecular formula is C23H14F3N3O3S2. The molecule has 172 valence electrons. The summed E-state index contributed by atoms with van der Waals surface area (Å²) in [4.78, 5) is 31.2. The van der Waals surface area contributed by atoms with Crippen molar-refractivity contribution in [2.45, 2.75) is 18.6 Å². The number of allylic oxidation sites excluding steroid dienone is 1. The Labute approximate surface area is 199 Å². The van der Waals surface area contributed by atoms with Crippen LogP contribution in [0.3, 0.4) is 0 Å². The van der Waals surface area contributed by atoms with Crippen molar-refractivity contribution in [1.29, 1.82) is 0 Å². The lowest BCUT2D eigenvalue weighted by atomic mass is 10.1. The molecule has 11 heteroatoms. The zero-order chi connectivity index (χ0) is 24.2. The molecule has 3 aromatic rings. The standard InChI is InChI=1S/C23H14F3N3O3S2/c24-23(25,26)13-4-3-5-14(9-13)28-19(30)10-17(20(28)31)29-21(32)18(34-22(29)33)8-12-11-27-16-7-2-1-6-15(12)16/h1-9,11,17,32H,10H2. The van der Waals surface area contributed by atoms with Crippen LogP contribution in [0.15, 0.2) is 53.5 Å². The Morgan fingerprint density at radius 1 is 1.15 bits per heavy atom. The molecule has 1 fully saturated rings. The Morgan fingerprint density at radius 3 is 2.68 bits per heavy atom. The maximum absolute atomic E-state index is 13.1. The Hall–Kier alpha value is -3.57. The summed E-state index contributed by atoms with van der Waals surface area (Å²) in [6.45, 7) is 0. The molecule has 0 radical (unpaired) electrons. The molecule has 1 N–H and O–H groups in total. The quantitative estimate of drug-likeness (QED) is 0.366. The fourth-order valence-corrected chi connectivity index (χ4v) is 5.33. The van der Waals surface area contributed by atoms with Crippen LogP contribution >= 0.6 is 23.6 Å². The minimum Gasteiger partial charge on any atom is -0.493 e. The highest BCUT2D eigenvalue weighted by Gasteiger charge is 2.43. The lowest BCUT2D eigenvalue weighted by Crippen LogP contribution is -2.31. The first-order valence-electron chi connectivity index (χ1n) is 9.98. The van der Waals surface area contributed by atoms with E-state index in [1.54, 1.807) is 12.3 Å². The number of nitrogens with zero attached hydrogens (tertiary/aromatic N) is 3. The molecular weight excluding hydrogens is 487 g/mol. The summed E-state index contributed by atoms with van der Waals surface area (Å²) < 4.78 is 40.7. The first kappa shape index (κ1) is 22.2. The number of halogens is 3. The van der Waals surface area contributed by atoms with Crippen molar-refractivity contribution >= 4 is 64.6 Å². The van der Waals surface area contributed by atoms with Gasteiger partial charge in [0.25, 0.3) is 5.91 Å². The minimum atomic E-state index is -4.63. The van der Waals surface area contributed by atoms with Gasteiger partial charge in [-0.3, -0.25) is 19.1 Å². The third-order valence-electron chi connectivity index (χ3n) is 5.55. The van der Waals surface area contributed by atoms with E-state index < -0.39 is 29.6 Å². The molecule has 34 heavy (non-hydrogen) atoms. The van der Waals surface area contributed by atoms with Crippen molar-refractivity contribution in [3.05, 3.63) is 68.5 Å². The summed E-state index contributed by atoms with van der Waals surface area (Å²) in [6, 6.07) is 10.3. The number of alkyl halides is 3. The van der Waals surface area contributed by atoms with Gasteiger partial charge in [-0.1, -0.05) is 24.3 Å². The van der Waals surface area contributed by atoms with Crippen LogP contribution in [0.1, 0.15) is 28.5 Å². The van der Waals surface area contributed by atoms with Gasteiger partial charge >= 0.3 is 6.18 Å². The molecule has 2 aromatic carbocycles. The van der Waals surface area contributed by atoms with E-state index >= 15 is 0 Å². The first-order chi connectivity index (χ1) is 16.1. The molecule has 3 heterocycles. The third-order valence-corrected chi connectivity index (χ3v) is 6.89. The number of para-hydroxylation sites is 1. The van der Waals surface area contributed by atoms with Gasteiger partial charge in [0.2, 0.25) is 11.8 Å². The van der Waals surface area contributed by atoms with E-state index in [0.29, 0.717) is 9.78 Å². The van der Waals surface area contributed by atoms with Crippen molar-refractivity contribution in [3.63, 3.8) is 0 Å². The number of rotatable bonds is 3. The van der Waals surface area contributed by atoms with E-state index in [1.807, 2.05) is 24.3 Å². The molecule has 2 aliphatic rings. The van der Waals surface area contributed by atoms with Crippen molar-refractivity contribution < 1.29 is 27.9 Å². The van der Waals surface area contributed by atoms with Gasteiger partial charge in [-0.05, 0) is 42.6 Å². The first-order valence-corrected chi connectivity index (χ1v) is 11.2. The monoisotopic (exact) mass is 501 g/mol. The Morgan fingerprint density at radius 2 is 1.91 bits per heavy atom. The van der Waals surface area contributed by atoms with Crippen LogP contribution in [0.4, 0.5) is 24.5 Å². The van der Waals surface area contributed by atoms with Crippen LogP contribution in [-0.2, 0) is 15.8 Å². The number of aromatic nitrogens is 1. The predicted molar refractivity (Wildman–Crippen MR) is 125 cm³/mol. The molecule has 1 saturated heterocycles. The average molecular weight is 502 g/mol. The third kappa shape index (κ3) is 3.66. The zero-order valence-corrected chi connectivity index (χ0v) is 18.7. The maximum atomic E-state index is 13.1. The number of benzene rings is 2. The van der Waals surface area contributed by atoms with E-state index in [9.17, 15) is 27.9 Å². The Bertz CT molecular complexity index is 1470. The molecule has 6 nitrogen and oxygen atoms in total. The molecule has 1 atom stereocenters. The van der Waals surface area contributed by atoms with Gasteiger partial charge in [0.1, 0.15) is 6.04 Å². The highest BCUT2D eigenvalue weighted by atomic mass is 32.1. The number of carbonyl (C=O) groups is 2. The Kier molecular flexibility index (Phi) is 5.25. The van der Waals surface area contributed by atoms with Crippen LogP contribution in [0.5, 0.6) is 5.88 Å². The second-order valence-corrected chi connectivity index (χ2v) is 9.31. The lowest BCUT2D eigenvalue weighted by molar-refractivity contribution is -0.137. The maximum Gasteiger partial charge on any atom is 0.416 e. The summed E-state index contributed by atoms with van der Waals surface area (Å²) in [5.41, 5.74) is 1.24. The molecule has 0 bridgehead atoms. The van der Waals surface area contributed by atoms with Crippen molar-refractivity contribution in [2.24, 2.45) is 4.99 Å². The number of thiazole rings is 1. The summed E-state index contributed by atoms with van der Waals surface area (Å²) in [7, 11) is 0. The van der Waals surface area contributed by atoms with Crippen LogP contribution in [0.25, 0.3) is 11.6 Å². The SMILES string of the molecule is O=C1CC(n2c(O)c(C=C3C=Nc4ccccc43)sc2=S)C(=O)N1c1cccc(C(F)(F)F)c1. The van der Waals surface area contributed by atoms with Gasteiger partial charge in [0.05, 0.1) is 28.2 Å². The molecule has 5 rings (SSSR count). The number of fused-ring (bicyclic) bond motifs is 1. The van der Waals surface area contributed by atoms with Gasteiger partial charge in [-0.25, -0.2) is 4.90 Å². The van der Waals surface area contributed by atoms with Crippen molar-refractivity contribution in [1.82, 2.24) is 4.57 Å². The summed E-state index contributed by atoms with van der Waals surface area (Å²) >= 11 is 6.41. The molecule has 0 aliphatic carbocycles. The van der Waals surface area contributed by atoms with Crippen LogP contribution < -0.4 is 4.90 Å². The van der Waals surface area contributed by atoms with Gasteiger partial charge in [-0.15, -0.1) is 11.3 Å².